The van der Waals surface area contributed by atoms with Crippen LogP contribution in [0.25, 0.3) is 0 Å². The third-order valence-corrected chi connectivity index (χ3v) is 10.9. The molecule has 12 heteroatoms. The number of benzene rings is 2. The molecule has 2 N–H and O–H groups in total. The van der Waals surface area contributed by atoms with E-state index in [-0.39, 0.29) is 16.6 Å². The number of amides is 1. The number of carbonyl (C=O) groups is 1. The number of rotatable bonds is 14. The Labute approximate surface area is 267 Å². The lowest BCUT2D eigenvalue weighted by atomic mass is 9.83. The first-order chi connectivity index (χ1) is 21.2. The van der Waals surface area contributed by atoms with E-state index in [2.05, 4.69) is 48.5 Å². The van der Waals surface area contributed by atoms with Crippen LogP contribution in [0, 0.1) is 5.92 Å². The molecule has 0 saturated carbocycles. The largest absolute Gasteiger partial charge is 0.344 e. The Kier molecular flexibility index (Phi) is 10.7. The number of sulfonamides is 1. The predicted octanol–water partition coefficient (Wildman–Crippen LogP) is 5.79. The lowest BCUT2D eigenvalue weighted by molar-refractivity contribution is -0.114. The molecular weight excluding hydrogens is 613 g/mol. The average Bonchev–Trinajstić information content (AvgIpc) is 3.39. The van der Waals surface area contributed by atoms with Gasteiger partial charge in [-0.1, -0.05) is 65.2 Å². The van der Waals surface area contributed by atoms with Crippen molar-refractivity contribution < 1.29 is 26.2 Å². The lowest BCUT2D eigenvalue weighted by Gasteiger charge is -2.27. The number of hydrogen-bond donors (Lipinski definition) is 2. The summed E-state index contributed by atoms with van der Waals surface area (Å²) in [6.45, 7) is 11.1. The monoisotopic (exact) mass is 656 g/mol. The highest BCUT2D eigenvalue weighted by molar-refractivity contribution is 7.89. The van der Waals surface area contributed by atoms with Gasteiger partial charge in [0.2, 0.25) is 10.0 Å². The van der Waals surface area contributed by atoms with Gasteiger partial charge in [0.15, 0.2) is 0 Å². The molecule has 2 heterocycles. The molecule has 2 aromatic carbocycles. The summed E-state index contributed by atoms with van der Waals surface area (Å²) in [6.07, 6.45) is 8.21. The van der Waals surface area contributed by atoms with Gasteiger partial charge in [0.05, 0.1) is 27.6 Å². The summed E-state index contributed by atoms with van der Waals surface area (Å²) in [6, 6.07) is 13.3. The van der Waals surface area contributed by atoms with Crippen LogP contribution in [0.1, 0.15) is 72.3 Å². The van der Waals surface area contributed by atoms with Crippen molar-refractivity contribution in [2.24, 2.45) is 11.0 Å². The third-order valence-electron chi connectivity index (χ3n) is 8.58. The Morgan fingerprint density at radius 3 is 2.33 bits per heavy atom. The fourth-order valence-electron chi connectivity index (χ4n) is 5.86. The maximum absolute atomic E-state index is 13.4. The molecule has 0 radical (unpaired) electrons. The van der Waals surface area contributed by atoms with Crippen LogP contribution >= 0.6 is 0 Å². The van der Waals surface area contributed by atoms with Crippen molar-refractivity contribution in [3.8, 4) is 0 Å². The number of allylic oxidation sites excluding steroid dienone is 3. The predicted molar refractivity (Wildman–Crippen MR) is 180 cm³/mol. The number of para-hydroxylation sites is 1. The molecule has 244 valence electrons. The standard InChI is InChI=1S/C33H44N4O6S2/c1-6-8-12-25(7-2)23-34-44(39,40)22-11-21-36-30-14-10-9-13-29(30)33(4,5)31(36)20-19-28-24(3)35-37(32(28)38)26-15-17-27(18-16-26)45(41,42)43/h9-10,13-20,25,34H,6-8,11-12,21-23H2,1-5H3,(H,41,42,43)/b28-19-,31-20+. The zero-order valence-corrected chi connectivity index (χ0v) is 28.3. The van der Waals surface area contributed by atoms with Gasteiger partial charge in [0.25, 0.3) is 16.0 Å². The zero-order valence-electron chi connectivity index (χ0n) is 26.7. The van der Waals surface area contributed by atoms with E-state index < -0.39 is 25.6 Å². The van der Waals surface area contributed by atoms with Gasteiger partial charge in [-0.3, -0.25) is 9.35 Å². The average molecular weight is 657 g/mol. The number of hydrazone groups is 1. The number of nitrogens with one attached hydrogen (secondary N) is 1. The minimum absolute atomic E-state index is 0.0141. The highest BCUT2D eigenvalue weighted by atomic mass is 32.2. The van der Waals surface area contributed by atoms with Crippen molar-refractivity contribution in [1.29, 1.82) is 0 Å². The van der Waals surface area contributed by atoms with E-state index in [0.29, 0.717) is 42.4 Å². The van der Waals surface area contributed by atoms with Crippen LogP contribution in [-0.4, -0.2) is 51.8 Å². The molecule has 1 amide bonds. The Morgan fingerprint density at radius 1 is 1.00 bits per heavy atom. The Hall–Kier alpha value is -3.32. The molecule has 45 heavy (non-hydrogen) atoms. The molecule has 0 aromatic heterocycles. The summed E-state index contributed by atoms with van der Waals surface area (Å²) >= 11 is 0. The SMILES string of the molecule is CCCCC(CC)CNS(=O)(=O)CCCN1/C(=C/C=C2\C(=O)N(c3ccc(S(=O)(=O)O)cc3)N=C2C)C(C)(C)c2ccccc21. The molecule has 1 atom stereocenters. The first-order valence-electron chi connectivity index (χ1n) is 15.4. The van der Waals surface area contributed by atoms with Crippen LogP contribution in [0.15, 0.2) is 82.0 Å². The van der Waals surface area contributed by atoms with E-state index in [0.717, 1.165) is 42.6 Å². The first-order valence-corrected chi connectivity index (χ1v) is 18.5. The van der Waals surface area contributed by atoms with Crippen molar-refractivity contribution >= 4 is 43.1 Å². The maximum atomic E-state index is 13.4. The summed E-state index contributed by atoms with van der Waals surface area (Å²) in [5.74, 6) is -0.0172. The summed E-state index contributed by atoms with van der Waals surface area (Å²) in [5.41, 5.74) is 3.89. The van der Waals surface area contributed by atoms with Gasteiger partial charge in [-0.25, -0.2) is 13.1 Å². The molecule has 4 rings (SSSR count). The Balaban J connectivity index is 1.53. The lowest BCUT2D eigenvalue weighted by Crippen LogP contribution is -2.33. The molecule has 2 aromatic rings. The smallest absolute Gasteiger partial charge is 0.294 e. The van der Waals surface area contributed by atoms with Crippen molar-refractivity contribution in [2.45, 2.75) is 77.0 Å². The summed E-state index contributed by atoms with van der Waals surface area (Å²) in [7, 11) is -7.79. The van der Waals surface area contributed by atoms with E-state index in [1.807, 2.05) is 24.3 Å². The van der Waals surface area contributed by atoms with Crippen LogP contribution < -0.4 is 14.6 Å². The van der Waals surface area contributed by atoms with Crippen LogP contribution in [0.5, 0.6) is 0 Å². The summed E-state index contributed by atoms with van der Waals surface area (Å²) < 4.78 is 60.7. The minimum atomic E-state index is -4.36. The van der Waals surface area contributed by atoms with E-state index in [1.54, 1.807) is 13.0 Å². The Bertz CT molecular complexity index is 1710. The molecule has 2 aliphatic rings. The number of hydrogen-bond acceptors (Lipinski definition) is 7. The topological polar surface area (TPSA) is 136 Å². The van der Waals surface area contributed by atoms with E-state index in [4.69, 9.17) is 0 Å². The van der Waals surface area contributed by atoms with Gasteiger partial charge in [0, 0.05) is 29.9 Å². The maximum Gasteiger partial charge on any atom is 0.294 e. The fraction of sp³-hybridized carbons (Fsp3) is 0.455. The second-order valence-corrected chi connectivity index (χ2v) is 15.5. The van der Waals surface area contributed by atoms with Gasteiger partial charge >= 0.3 is 0 Å². The number of anilines is 2. The van der Waals surface area contributed by atoms with Gasteiger partial charge < -0.3 is 4.90 Å². The highest BCUT2D eigenvalue weighted by Crippen LogP contribution is 2.47. The summed E-state index contributed by atoms with van der Waals surface area (Å²) in [5, 5.41) is 5.58. The van der Waals surface area contributed by atoms with E-state index >= 15 is 0 Å². The fourth-order valence-corrected chi connectivity index (χ4v) is 7.48. The number of fused-ring (bicyclic) bond motifs is 1. The minimum Gasteiger partial charge on any atom is -0.344 e. The third kappa shape index (κ3) is 7.92. The molecule has 0 bridgehead atoms. The molecule has 0 aliphatic carbocycles. The number of nitrogens with zero attached hydrogens (tertiary/aromatic N) is 3. The number of unbranched alkanes of at least 4 members (excludes halogenated alkanes) is 1. The molecule has 0 fully saturated rings. The van der Waals surface area contributed by atoms with Gasteiger partial charge in [-0.15, -0.1) is 0 Å². The first kappa shape index (κ1) is 34.6. The highest BCUT2D eigenvalue weighted by Gasteiger charge is 2.40. The van der Waals surface area contributed by atoms with Crippen molar-refractivity contribution in [1.82, 2.24) is 4.72 Å². The van der Waals surface area contributed by atoms with Crippen LogP contribution in [0.2, 0.25) is 0 Å². The normalized spacial score (nSPS) is 19.0. The van der Waals surface area contributed by atoms with Gasteiger partial charge in [-0.2, -0.15) is 18.5 Å². The molecule has 0 saturated heterocycles. The Morgan fingerprint density at radius 2 is 1.69 bits per heavy atom. The van der Waals surface area contributed by atoms with Crippen molar-refractivity contribution in [2.75, 3.05) is 28.8 Å². The molecular formula is C33H44N4O6S2. The molecule has 10 nitrogen and oxygen atoms in total. The molecule has 1 unspecified atom stereocenters. The number of carbonyl (C=O) groups excluding carboxylic acids is 1. The van der Waals surface area contributed by atoms with Crippen LogP contribution in [0.4, 0.5) is 11.4 Å². The summed E-state index contributed by atoms with van der Waals surface area (Å²) in [4.78, 5) is 15.3. The molecule has 2 aliphatic heterocycles. The molecule has 0 spiro atoms. The zero-order chi connectivity index (χ0) is 33.0. The van der Waals surface area contributed by atoms with E-state index in [9.17, 15) is 26.2 Å². The van der Waals surface area contributed by atoms with E-state index in [1.165, 1.54) is 29.3 Å². The second kappa shape index (κ2) is 14.0. The van der Waals surface area contributed by atoms with Gasteiger partial charge in [0.1, 0.15) is 0 Å². The van der Waals surface area contributed by atoms with Crippen LogP contribution in [0.3, 0.4) is 0 Å². The van der Waals surface area contributed by atoms with Crippen molar-refractivity contribution in [3.05, 3.63) is 77.5 Å². The van der Waals surface area contributed by atoms with Crippen LogP contribution in [-0.2, 0) is 30.4 Å². The van der Waals surface area contributed by atoms with Gasteiger partial charge in [-0.05, 0) is 73.7 Å². The quantitative estimate of drug-likeness (QED) is 0.194. The second-order valence-electron chi connectivity index (χ2n) is 12.1. The van der Waals surface area contributed by atoms with Crippen molar-refractivity contribution in [3.63, 3.8) is 0 Å².